The number of rotatable bonds is 5. The Morgan fingerprint density at radius 2 is 2.12 bits per heavy atom. The quantitative estimate of drug-likeness (QED) is 0.633. The number of aryl methyl sites for hydroxylation is 2. The van der Waals surface area contributed by atoms with E-state index in [4.69, 9.17) is 4.74 Å². The number of esters is 1. The van der Waals surface area contributed by atoms with Gasteiger partial charge in [0.2, 0.25) is 11.8 Å². The summed E-state index contributed by atoms with van der Waals surface area (Å²) in [6.45, 7) is 3.63. The van der Waals surface area contributed by atoms with Gasteiger partial charge < -0.3 is 10.1 Å². The summed E-state index contributed by atoms with van der Waals surface area (Å²) < 4.78 is 4.90. The summed E-state index contributed by atoms with van der Waals surface area (Å²) in [6.07, 6.45) is 4.53. The number of nitrogens with one attached hydrogen (secondary N) is 1. The molecule has 7 heteroatoms. The Bertz CT molecular complexity index is 775. The molecule has 0 aromatic heterocycles. The maximum atomic E-state index is 12.6. The number of fused-ring (bicyclic) bond motifs is 1. The molecule has 26 heavy (non-hydrogen) atoms. The summed E-state index contributed by atoms with van der Waals surface area (Å²) in [5, 5.41) is 3.33. The number of hydrogen-bond donors (Lipinski definition) is 1. The van der Waals surface area contributed by atoms with Crippen LogP contribution in [-0.4, -0.2) is 41.1 Å². The first-order valence-electron chi connectivity index (χ1n) is 8.75. The standard InChI is InChI=1S/C19H22N2O4S/c1-3-25-18(23)10-17-21(16(22)11-26-17)12(2)19(24)20-15-8-7-13-5-4-6-14(13)9-15/h7-10,12H,3-6,11H2,1-2H3,(H,20,24)/b17-10-. The van der Waals surface area contributed by atoms with Gasteiger partial charge in [-0.05, 0) is 56.4 Å². The van der Waals surface area contributed by atoms with Gasteiger partial charge in [-0.25, -0.2) is 4.79 Å². The molecule has 3 rings (SSSR count). The van der Waals surface area contributed by atoms with Crippen LogP contribution in [-0.2, 0) is 32.0 Å². The summed E-state index contributed by atoms with van der Waals surface area (Å²) in [5.74, 6) is -0.779. The van der Waals surface area contributed by atoms with Crippen LogP contribution in [0.15, 0.2) is 29.3 Å². The Balaban J connectivity index is 1.72. The van der Waals surface area contributed by atoms with Crippen molar-refractivity contribution in [2.24, 2.45) is 0 Å². The Kier molecular flexibility index (Phi) is 5.66. The summed E-state index contributed by atoms with van der Waals surface area (Å²) >= 11 is 1.24. The van der Waals surface area contributed by atoms with Crippen molar-refractivity contribution in [1.82, 2.24) is 4.90 Å². The highest BCUT2D eigenvalue weighted by atomic mass is 32.2. The molecule has 0 saturated carbocycles. The molecule has 6 nitrogen and oxygen atoms in total. The molecule has 1 N–H and O–H groups in total. The monoisotopic (exact) mass is 374 g/mol. The van der Waals surface area contributed by atoms with Gasteiger partial charge >= 0.3 is 5.97 Å². The number of amides is 2. The van der Waals surface area contributed by atoms with Gasteiger partial charge in [-0.2, -0.15) is 0 Å². The topological polar surface area (TPSA) is 75.7 Å². The molecule has 1 aromatic rings. The number of nitrogens with zero attached hydrogens (tertiary/aromatic N) is 1. The summed E-state index contributed by atoms with van der Waals surface area (Å²) in [5.41, 5.74) is 3.34. The molecular weight excluding hydrogens is 352 g/mol. The predicted molar refractivity (Wildman–Crippen MR) is 101 cm³/mol. The highest BCUT2D eigenvalue weighted by molar-refractivity contribution is 8.04. The number of anilines is 1. The fraction of sp³-hybridized carbons (Fsp3) is 0.421. The summed E-state index contributed by atoms with van der Waals surface area (Å²) in [7, 11) is 0. The largest absolute Gasteiger partial charge is 0.463 e. The first-order chi connectivity index (χ1) is 12.5. The molecule has 1 atom stereocenters. The van der Waals surface area contributed by atoms with Crippen molar-refractivity contribution >= 4 is 35.2 Å². The van der Waals surface area contributed by atoms with E-state index in [1.165, 1.54) is 33.9 Å². The van der Waals surface area contributed by atoms with E-state index in [2.05, 4.69) is 5.32 Å². The molecule has 0 radical (unpaired) electrons. The van der Waals surface area contributed by atoms with Crippen molar-refractivity contribution in [3.63, 3.8) is 0 Å². The van der Waals surface area contributed by atoms with E-state index in [9.17, 15) is 14.4 Å². The van der Waals surface area contributed by atoms with Crippen molar-refractivity contribution in [1.29, 1.82) is 0 Å². The number of carbonyl (C=O) groups is 3. The van der Waals surface area contributed by atoms with Crippen LogP contribution in [0.4, 0.5) is 5.69 Å². The highest BCUT2D eigenvalue weighted by Crippen LogP contribution is 2.31. The first-order valence-corrected chi connectivity index (χ1v) is 9.74. The average Bonchev–Trinajstić information content (AvgIpc) is 3.20. The third kappa shape index (κ3) is 3.93. The molecule has 1 saturated heterocycles. The fourth-order valence-electron chi connectivity index (χ4n) is 3.21. The first kappa shape index (κ1) is 18.5. The molecule has 2 aliphatic rings. The fourth-order valence-corrected chi connectivity index (χ4v) is 4.20. The molecular formula is C19H22N2O4S. The summed E-state index contributed by atoms with van der Waals surface area (Å²) in [6, 6.07) is 5.23. The van der Waals surface area contributed by atoms with Crippen molar-refractivity contribution < 1.29 is 19.1 Å². The Labute approximate surface area is 157 Å². The van der Waals surface area contributed by atoms with Crippen LogP contribution in [0, 0.1) is 0 Å². The van der Waals surface area contributed by atoms with Crippen LogP contribution in [0.3, 0.4) is 0 Å². The number of thioether (sulfide) groups is 1. The van der Waals surface area contributed by atoms with Gasteiger partial charge in [0.25, 0.3) is 0 Å². The van der Waals surface area contributed by atoms with Gasteiger partial charge in [-0.3, -0.25) is 14.5 Å². The van der Waals surface area contributed by atoms with Crippen molar-refractivity contribution in [3.8, 4) is 0 Å². The van der Waals surface area contributed by atoms with Crippen LogP contribution < -0.4 is 5.32 Å². The maximum Gasteiger partial charge on any atom is 0.333 e. The van der Waals surface area contributed by atoms with Crippen molar-refractivity contribution in [3.05, 3.63) is 40.4 Å². The van der Waals surface area contributed by atoms with E-state index in [1.807, 2.05) is 18.2 Å². The van der Waals surface area contributed by atoms with Gasteiger partial charge in [-0.1, -0.05) is 17.8 Å². The normalized spacial score (nSPS) is 18.8. The van der Waals surface area contributed by atoms with Gasteiger partial charge in [0.1, 0.15) is 6.04 Å². The molecule has 1 aliphatic heterocycles. The number of hydrogen-bond acceptors (Lipinski definition) is 5. The van der Waals surface area contributed by atoms with Gasteiger partial charge in [0, 0.05) is 5.69 Å². The lowest BCUT2D eigenvalue weighted by atomic mass is 10.1. The zero-order valence-electron chi connectivity index (χ0n) is 14.9. The predicted octanol–water partition coefficient (Wildman–Crippen LogP) is 2.48. The molecule has 2 amide bonds. The zero-order valence-corrected chi connectivity index (χ0v) is 15.7. The lowest BCUT2D eigenvalue weighted by Gasteiger charge is -2.24. The SMILES string of the molecule is CCOC(=O)/C=C1\SCC(=O)N1C(C)C(=O)Nc1ccc2c(c1)CCC2. The lowest BCUT2D eigenvalue weighted by molar-refractivity contribution is -0.137. The van der Waals surface area contributed by atoms with Gasteiger partial charge in [0.15, 0.2) is 0 Å². The average molecular weight is 374 g/mol. The van der Waals surface area contributed by atoms with Crippen molar-refractivity contribution in [2.45, 2.75) is 39.2 Å². The lowest BCUT2D eigenvalue weighted by Crippen LogP contribution is -2.42. The van der Waals surface area contributed by atoms with Gasteiger partial charge in [-0.15, -0.1) is 0 Å². The summed E-state index contributed by atoms with van der Waals surface area (Å²) in [4.78, 5) is 37.9. The molecule has 1 heterocycles. The molecule has 138 valence electrons. The second-order valence-electron chi connectivity index (χ2n) is 6.29. The number of ether oxygens (including phenoxy) is 1. The van der Waals surface area contributed by atoms with Gasteiger partial charge in [0.05, 0.1) is 23.5 Å². The van der Waals surface area contributed by atoms with E-state index in [0.29, 0.717) is 5.03 Å². The Hall–Kier alpha value is -2.28. The molecule has 1 aliphatic carbocycles. The van der Waals surface area contributed by atoms with Crippen LogP contribution in [0.1, 0.15) is 31.4 Å². The van der Waals surface area contributed by atoms with Crippen LogP contribution in [0.2, 0.25) is 0 Å². The highest BCUT2D eigenvalue weighted by Gasteiger charge is 2.35. The molecule has 1 aromatic carbocycles. The molecule has 1 fully saturated rings. The molecule has 1 unspecified atom stereocenters. The second-order valence-corrected chi connectivity index (χ2v) is 7.28. The van der Waals surface area contributed by atoms with E-state index < -0.39 is 12.0 Å². The third-order valence-corrected chi connectivity index (χ3v) is 5.51. The number of carbonyl (C=O) groups excluding carboxylic acids is 3. The van der Waals surface area contributed by atoms with E-state index in [0.717, 1.165) is 24.9 Å². The third-order valence-electron chi connectivity index (χ3n) is 4.51. The smallest absolute Gasteiger partial charge is 0.333 e. The minimum absolute atomic E-state index is 0.192. The van der Waals surface area contributed by atoms with E-state index in [-0.39, 0.29) is 24.2 Å². The maximum absolute atomic E-state index is 12.6. The van der Waals surface area contributed by atoms with Crippen LogP contribution >= 0.6 is 11.8 Å². The minimum Gasteiger partial charge on any atom is -0.463 e. The zero-order chi connectivity index (χ0) is 18.7. The molecule has 0 spiro atoms. The van der Waals surface area contributed by atoms with E-state index >= 15 is 0 Å². The second kappa shape index (κ2) is 7.95. The number of benzene rings is 1. The Morgan fingerprint density at radius 1 is 1.35 bits per heavy atom. The van der Waals surface area contributed by atoms with Crippen LogP contribution in [0.5, 0.6) is 0 Å². The Morgan fingerprint density at radius 3 is 2.88 bits per heavy atom. The van der Waals surface area contributed by atoms with Crippen molar-refractivity contribution in [2.75, 3.05) is 17.7 Å². The molecule has 0 bridgehead atoms. The van der Waals surface area contributed by atoms with E-state index in [1.54, 1.807) is 13.8 Å². The van der Waals surface area contributed by atoms with Crippen LogP contribution in [0.25, 0.3) is 0 Å². The minimum atomic E-state index is -0.716.